The van der Waals surface area contributed by atoms with Gasteiger partial charge in [0.15, 0.2) is 16.7 Å². The zero-order valence-electron chi connectivity index (χ0n) is 12.6. The predicted molar refractivity (Wildman–Crippen MR) is 85.6 cm³/mol. The Morgan fingerprint density at radius 1 is 1.30 bits per heavy atom. The van der Waals surface area contributed by atoms with E-state index in [0.29, 0.717) is 17.4 Å². The molecule has 0 atom stereocenters. The minimum Gasteiger partial charge on any atom is -0.481 e. The number of rotatable bonds is 3. The van der Waals surface area contributed by atoms with Crippen molar-refractivity contribution >= 4 is 22.3 Å². The van der Waals surface area contributed by atoms with Crippen molar-refractivity contribution in [2.45, 2.75) is 18.6 Å². The van der Waals surface area contributed by atoms with Gasteiger partial charge >= 0.3 is 0 Å². The fourth-order valence-corrected chi connectivity index (χ4v) is 3.41. The first-order chi connectivity index (χ1) is 11.3. The van der Waals surface area contributed by atoms with Gasteiger partial charge in [0.25, 0.3) is 0 Å². The van der Waals surface area contributed by atoms with E-state index in [1.54, 1.807) is 24.5 Å². The number of anilines is 1. The van der Waals surface area contributed by atoms with Gasteiger partial charge in [-0.25, -0.2) is 30.3 Å². The van der Waals surface area contributed by atoms with E-state index >= 15 is 0 Å². The van der Waals surface area contributed by atoms with E-state index in [0.717, 1.165) is 31.1 Å². The van der Waals surface area contributed by atoms with Crippen LogP contribution < -0.4 is 15.1 Å². The molecule has 1 spiro atoms. The number of thiazole rings is 1. The average Bonchev–Trinajstić information content (AvgIpc) is 3.27. The lowest BCUT2D eigenvalue weighted by molar-refractivity contribution is -0.0686. The van der Waals surface area contributed by atoms with Crippen molar-refractivity contribution in [1.29, 1.82) is 0 Å². The molecule has 2 aliphatic rings. The molecular formula is C14H16N6O2S. The monoisotopic (exact) mass is 332 g/mol. The second-order valence-corrected chi connectivity index (χ2v) is 6.23. The topological polar surface area (TPSA) is 84.8 Å². The Morgan fingerprint density at radius 3 is 2.91 bits per heavy atom. The first-order valence-electron chi connectivity index (χ1n) is 7.33. The lowest BCUT2D eigenvalue weighted by Crippen LogP contribution is -2.44. The second-order valence-electron chi connectivity index (χ2n) is 5.36. The lowest BCUT2D eigenvalue weighted by atomic mass is 10.0. The molecule has 1 fully saturated rings. The molecule has 9 heteroatoms. The van der Waals surface area contributed by atoms with Crippen molar-refractivity contribution in [3.63, 3.8) is 0 Å². The molecule has 0 bridgehead atoms. The summed E-state index contributed by atoms with van der Waals surface area (Å²) in [6.07, 6.45) is 4.88. The zero-order valence-corrected chi connectivity index (χ0v) is 13.4. The smallest absolute Gasteiger partial charge is 0.216 e. The van der Waals surface area contributed by atoms with Crippen LogP contribution >= 0.6 is 11.3 Å². The number of hydrogen-bond donors (Lipinski definition) is 1. The largest absolute Gasteiger partial charge is 0.481 e. The second kappa shape index (κ2) is 5.74. The van der Waals surface area contributed by atoms with Gasteiger partial charge in [0.1, 0.15) is 12.0 Å². The van der Waals surface area contributed by atoms with Gasteiger partial charge in [0.2, 0.25) is 5.88 Å². The van der Waals surface area contributed by atoms with Crippen LogP contribution in [0.4, 0.5) is 5.13 Å². The summed E-state index contributed by atoms with van der Waals surface area (Å²) < 4.78 is 5.12. The molecule has 4 heterocycles. The summed E-state index contributed by atoms with van der Waals surface area (Å²) in [5, 5.41) is 3.04. The average molecular weight is 332 g/mol. The van der Waals surface area contributed by atoms with Crippen LogP contribution in [0.15, 0.2) is 29.0 Å². The van der Waals surface area contributed by atoms with Crippen molar-refractivity contribution in [2.75, 3.05) is 25.1 Å². The molecule has 2 aromatic heterocycles. The lowest BCUT2D eigenvalue weighted by Gasteiger charge is -2.35. The Balaban J connectivity index is 1.50. The molecule has 0 radical (unpaired) electrons. The first-order valence-corrected chi connectivity index (χ1v) is 8.21. The molecule has 0 aromatic carbocycles. The Kier molecular flexibility index (Phi) is 3.58. The third-order valence-electron chi connectivity index (χ3n) is 3.98. The molecule has 120 valence electrons. The highest BCUT2D eigenvalue weighted by Gasteiger charge is 2.41. The maximum Gasteiger partial charge on any atom is 0.216 e. The molecule has 8 nitrogen and oxygen atoms in total. The third-order valence-corrected chi connectivity index (χ3v) is 4.81. The number of nitrogens with one attached hydrogen (secondary N) is 1. The number of hydroxylamine groups is 1. The highest BCUT2D eigenvalue weighted by Crippen LogP contribution is 2.33. The number of methoxy groups -OCH3 is 1. The molecule has 4 rings (SSSR count). The van der Waals surface area contributed by atoms with Crippen LogP contribution in [-0.4, -0.2) is 46.7 Å². The van der Waals surface area contributed by atoms with Crippen LogP contribution in [0.25, 0.3) is 0 Å². The fourth-order valence-electron chi connectivity index (χ4n) is 2.72. The number of ether oxygens (including phenoxy) is 1. The standard InChI is InChI=1S/C14H16N6O2S/c1-21-11-8-10(16-9-17-11)12-18-14(22-19-12)2-5-20(6-3-14)13-15-4-7-23-13/h4,7-9H,2-3,5-6H2,1H3,(H,18,19). The summed E-state index contributed by atoms with van der Waals surface area (Å²) in [5.41, 5.74) is 3.04. The zero-order chi connectivity index (χ0) is 15.7. The van der Waals surface area contributed by atoms with Gasteiger partial charge in [0, 0.05) is 43.6 Å². The van der Waals surface area contributed by atoms with Crippen molar-refractivity contribution < 1.29 is 9.57 Å². The van der Waals surface area contributed by atoms with Crippen molar-refractivity contribution in [2.24, 2.45) is 4.99 Å². The predicted octanol–water partition coefficient (Wildman–Crippen LogP) is 1.22. The number of piperidine rings is 1. The molecular weight excluding hydrogens is 316 g/mol. The third kappa shape index (κ3) is 2.73. The highest BCUT2D eigenvalue weighted by atomic mass is 32.1. The van der Waals surface area contributed by atoms with Crippen LogP contribution in [0.2, 0.25) is 0 Å². The number of amidine groups is 1. The van der Waals surface area contributed by atoms with E-state index in [1.165, 1.54) is 6.33 Å². The van der Waals surface area contributed by atoms with Gasteiger partial charge in [-0.15, -0.1) is 11.3 Å². The van der Waals surface area contributed by atoms with Gasteiger partial charge in [-0.3, -0.25) is 0 Å². The molecule has 23 heavy (non-hydrogen) atoms. The summed E-state index contributed by atoms with van der Waals surface area (Å²) >= 11 is 1.65. The summed E-state index contributed by atoms with van der Waals surface area (Å²) in [6.45, 7) is 1.72. The van der Waals surface area contributed by atoms with Crippen molar-refractivity contribution in [3.8, 4) is 5.88 Å². The molecule has 2 aliphatic heterocycles. The van der Waals surface area contributed by atoms with Gasteiger partial charge < -0.3 is 9.64 Å². The summed E-state index contributed by atoms with van der Waals surface area (Å²) in [4.78, 5) is 25.4. The number of aliphatic imine (C=N–C) groups is 1. The maximum atomic E-state index is 5.79. The highest BCUT2D eigenvalue weighted by molar-refractivity contribution is 7.13. The molecule has 0 unspecified atom stereocenters. The van der Waals surface area contributed by atoms with E-state index in [-0.39, 0.29) is 0 Å². The molecule has 0 amide bonds. The van der Waals surface area contributed by atoms with Crippen LogP contribution in [0.5, 0.6) is 5.88 Å². The minimum absolute atomic E-state index is 0.499. The van der Waals surface area contributed by atoms with E-state index in [2.05, 4.69) is 25.3 Å². The molecule has 2 aromatic rings. The van der Waals surface area contributed by atoms with E-state index in [1.807, 2.05) is 11.6 Å². The molecule has 1 N–H and O–H groups in total. The summed E-state index contributed by atoms with van der Waals surface area (Å²) in [5.74, 6) is 1.12. The minimum atomic E-state index is -0.527. The van der Waals surface area contributed by atoms with Gasteiger partial charge in [0.05, 0.1) is 7.11 Å². The Morgan fingerprint density at radius 2 is 2.17 bits per heavy atom. The van der Waals surface area contributed by atoms with Gasteiger partial charge in [-0.1, -0.05) is 0 Å². The summed E-state index contributed by atoms with van der Waals surface area (Å²) in [7, 11) is 1.57. The maximum absolute atomic E-state index is 5.79. The molecule has 1 saturated heterocycles. The summed E-state index contributed by atoms with van der Waals surface area (Å²) in [6, 6.07) is 1.74. The Labute approximate surface area is 137 Å². The Hall–Kier alpha value is -2.26. The normalized spacial score (nSPS) is 19.5. The van der Waals surface area contributed by atoms with Crippen LogP contribution in [0.3, 0.4) is 0 Å². The van der Waals surface area contributed by atoms with Crippen molar-refractivity contribution in [3.05, 3.63) is 29.7 Å². The SMILES string of the molecule is COc1cc(C2=NC3(CCN(c4nccs4)CC3)ON2)ncn1. The van der Waals surface area contributed by atoms with Crippen LogP contribution in [0.1, 0.15) is 18.5 Å². The van der Waals surface area contributed by atoms with Crippen molar-refractivity contribution in [1.82, 2.24) is 20.4 Å². The fraction of sp³-hybridized carbons (Fsp3) is 0.429. The van der Waals surface area contributed by atoms with Gasteiger partial charge in [-0.2, -0.15) is 0 Å². The number of nitrogens with zero attached hydrogens (tertiary/aromatic N) is 5. The first kappa shape index (κ1) is 14.3. The molecule has 0 aliphatic carbocycles. The van der Waals surface area contributed by atoms with Crippen LogP contribution in [-0.2, 0) is 4.84 Å². The Bertz CT molecular complexity index is 712. The molecule has 0 saturated carbocycles. The van der Waals surface area contributed by atoms with E-state index in [9.17, 15) is 0 Å². The number of aromatic nitrogens is 3. The van der Waals surface area contributed by atoms with Crippen LogP contribution in [0, 0.1) is 0 Å². The van der Waals surface area contributed by atoms with E-state index in [4.69, 9.17) is 14.6 Å². The quantitative estimate of drug-likeness (QED) is 0.904. The van der Waals surface area contributed by atoms with E-state index < -0.39 is 5.72 Å². The number of hydrogen-bond acceptors (Lipinski definition) is 9. The van der Waals surface area contributed by atoms with Gasteiger partial charge in [-0.05, 0) is 0 Å².